The molecule has 1 aliphatic heterocycles. The number of nitrogens with zero attached hydrogens (tertiary/aromatic N) is 2. The van der Waals surface area contributed by atoms with E-state index in [1.165, 1.54) is 6.07 Å². The van der Waals surface area contributed by atoms with Gasteiger partial charge in [0.15, 0.2) is 0 Å². The minimum Gasteiger partial charge on any atom is -0.371 e. The number of ether oxygens (including phenoxy) is 1. The Morgan fingerprint density at radius 2 is 2.20 bits per heavy atom. The van der Waals surface area contributed by atoms with Gasteiger partial charge in [0.2, 0.25) is 0 Å². The molecular weight excluding hydrogens is 337 g/mol. The van der Waals surface area contributed by atoms with Crippen molar-refractivity contribution < 1.29 is 22.7 Å². The van der Waals surface area contributed by atoms with Gasteiger partial charge in [0.25, 0.3) is 0 Å². The predicted molar refractivity (Wildman–Crippen MR) is 85.1 cm³/mol. The van der Waals surface area contributed by atoms with Gasteiger partial charge in [-0.2, -0.15) is 13.2 Å². The van der Waals surface area contributed by atoms with E-state index in [4.69, 9.17) is 4.74 Å². The molecule has 2 heterocycles. The van der Waals surface area contributed by atoms with Gasteiger partial charge in [0.1, 0.15) is 12.4 Å². The van der Waals surface area contributed by atoms with Crippen LogP contribution in [0, 0.1) is 0 Å². The minimum absolute atomic E-state index is 0.00744. The van der Waals surface area contributed by atoms with Crippen LogP contribution in [0.1, 0.15) is 31.3 Å². The predicted octanol–water partition coefficient (Wildman–Crippen LogP) is 2.83. The van der Waals surface area contributed by atoms with E-state index in [0.717, 1.165) is 12.1 Å². The van der Waals surface area contributed by atoms with Crippen molar-refractivity contribution in [2.75, 3.05) is 13.2 Å². The number of alkyl halides is 3. The van der Waals surface area contributed by atoms with Crippen molar-refractivity contribution in [1.29, 1.82) is 0 Å². The molecule has 1 unspecified atom stereocenters. The molecule has 0 aliphatic carbocycles. The molecule has 0 fully saturated rings. The lowest BCUT2D eigenvalue weighted by atomic mass is 10.2. The van der Waals surface area contributed by atoms with Gasteiger partial charge in [-0.05, 0) is 32.0 Å². The fraction of sp³-hybridized carbons (Fsp3) is 0.500. The molecule has 3 rings (SSSR count). The highest BCUT2D eigenvalue weighted by molar-refractivity contribution is 5.77. The summed E-state index contributed by atoms with van der Waals surface area (Å²) in [5.41, 5.74) is 0.136. The van der Waals surface area contributed by atoms with E-state index >= 15 is 0 Å². The van der Waals surface area contributed by atoms with E-state index in [-0.39, 0.29) is 36.8 Å². The Morgan fingerprint density at radius 1 is 1.44 bits per heavy atom. The number of carbonyl (C=O) groups excluding carboxylic acids is 1. The lowest BCUT2D eigenvalue weighted by molar-refractivity contribution is -0.137. The van der Waals surface area contributed by atoms with Crippen LogP contribution < -0.4 is 10.6 Å². The summed E-state index contributed by atoms with van der Waals surface area (Å²) in [6, 6.07) is 2.97. The molecule has 0 saturated heterocycles. The van der Waals surface area contributed by atoms with Crippen LogP contribution in [0.25, 0.3) is 11.0 Å². The molecule has 9 heteroatoms. The minimum atomic E-state index is -4.41. The first-order chi connectivity index (χ1) is 11.8. The highest BCUT2D eigenvalue weighted by atomic mass is 19.4. The maximum absolute atomic E-state index is 12.9. The molecule has 0 saturated carbocycles. The average Bonchev–Trinajstić information content (AvgIpc) is 2.89. The number of aromatic nitrogens is 2. The zero-order valence-electron chi connectivity index (χ0n) is 13.9. The summed E-state index contributed by atoms with van der Waals surface area (Å²) >= 11 is 0. The first kappa shape index (κ1) is 17.5. The topological polar surface area (TPSA) is 68.2 Å². The van der Waals surface area contributed by atoms with Crippen molar-refractivity contribution in [3.05, 3.63) is 29.6 Å². The molecule has 6 nitrogen and oxygen atoms in total. The lowest BCUT2D eigenvalue weighted by Gasteiger charge is -2.26. The number of halogens is 3. The van der Waals surface area contributed by atoms with E-state index in [9.17, 15) is 18.0 Å². The number of rotatable bonds is 3. The summed E-state index contributed by atoms with van der Waals surface area (Å²) in [5.74, 6) is 0.552. The largest absolute Gasteiger partial charge is 0.416 e. The van der Waals surface area contributed by atoms with E-state index in [0.29, 0.717) is 17.9 Å². The van der Waals surface area contributed by atoms with Crippen LogP contribution in [0.2, 0.25) is 0 Å². The van der Waals surface area contributed by atoms with Gasteiger partial charge >= 0.3 is 12.2 Å². The molecule has 1 aromatic heterocycles. The van der Waals surface area contributed by atoms with Crippen LogP contribution >= 0.6 is 0 Å². The highest BCUT2D eigenvalue weighted by Gasteiger charge is 2.32. The molecular formula is C16H19F3N4O2. The van der Waals surface area contributed by atoms with Gasteiger partial charge in [-0.3, -0.25) is 0 Å². The van der Waals surface area contributed by atoms with E-state index in [1.54, 1.807) is 0 Å². The monoisotopic (exact) mass is 356 g/mol. The SMILES string of the molecule is CC(C)NC(=O)NCC1COCc2nc3cc(C(F)(F)F)ccc3n21. The number of fused-ring (bicyclic) bond motifs is 3. The zero-order valence-corrected chi connectivity index (χ0v) is 13.9. The summed E-state index contributed by atoms with van der Waals surface area (Å²) in [5, 5.41) is 5.48. The van der Waals surface area contributed by atoms with Gasteiger partial charge in [0, 0.05) is 12.6 Å². The summed E-state index contributed by atoms with van der Waals surface area (Å²) in [6.07, 6.45) is -4.41. The third kappa shape index (κ3) is 3.71. The van der Waals surface area contributed by atoms with Gasteiger partial charge in [-0.15, -0.1) is 0 Å². The molecule has 2 amide bonds. The third-order valence-corrected chi connectivity index (χ3v) is 3.91. The first-order valence-corrected chi connectivity index (χ1v) is 7.96. The van der Waals surface area contributed by atoms with Crippen molar-refractivity contribution >= 4 is 17.1 Å². The molecule has 0 spiro atoms. The molecule has 25 heavy (non-hydrogen) atoms. The van der Waals surface area contributed by atoms with Crippen molar-refractivity contribution in [2.45, 2.75) is 38.7 Å². The Labute approximate surface area is 142 Å². The quantitative estimate of drug-likeness (QED) is 0.889. The van der Waals surface area contributed by atoms with Crippen LogP contribution in [-0.4, -0.2) is 34.8 Å². The summed E-state index contributed by atoms with van der Waals surface area (Å²) in [6.45, 7) is 4.57. The second-order valence-electron chi connectivity index (χ2n) is 6.28. The smallest absolute Gasteiger partial charge is 0.371 e. The van der Waals surface area contributed by atoms with Gasteiger partial charge < -0.3 is 19.9 Å². The van der Waals surface area contributed by atoms with Crippen LogP contribution in [0.4, 0.5) is 18.0 Å². The molecule has 136 valence electrons. The Bertz CT molecular complexity index is 786. The first-order valence-electron chi connectivity index (χ1n) is 7.96. The molecule has 1 aliphatic rings. The van der Waals surface area contributed by atoms with Crippen molar-refractivity contribution in [1.82, 2.24) is 20.2 Å². The number of nitrogens with one attached hydrogen (secondary N) is 2. The summed E-state index contributed by atoms with van der Waals surface area (Å²) < 4.78 is 45.9. The van der Waals surface area contributed by atoms with Crippen LogP contribution in [0.3, 0.4) is 0 Å². The van der Waals surface area contributed by atoms with Crippen LogP contribution in [0.5, 0.6) is 0 Å². The van der Waals surface area contributed by atoms with Gasteiger partial charge in [-0.1, -0.05) is 0 Å². The van der Waals surface area contributed by atoms with Crippen molar-refractivity contribution in [3.63, 3.8) is 0 Å². The number of hydrogen-bond acceptors (Lipinski definition) is 3. The fourth-order valence-electron chi connectivity index (χ4n) is 2.87. The number of amides is 2. The molecule has 2 aromatic rings. The zero-order chi connectivity index (χ0) is 18.2. The molecule has 2 N–H and O–H groups in total. The standard InChI is InChI=1S/C16H19F3N4O2/c1-9(2)21-15(24)20-6-11-7-25-8-14-22-12-5-10(16(17,18)19)3-4-13(12)23(11)14/h3-5,9,11H,6-8H2,1-2H3,(H2,20,21,24). The molecule has 0 bridgehead atoms. The van der Waals surface area contributed by atoms with Crippen LogP contribution in [0.15, 0.2) is 18.2 Å². The summed E-state index contributed by atoms with van der Waals surface area (Å²) in [7, 11) is 0. The van der Waals surface area contributed by atoms with Gasteiger partial charge in [-0.25, -0.2) is 9.78 Å². The average molecular weight is 356 g/mol. The molecule has 0 radical (unpaired) electrons. The third-order valence-electron chi connectivity index (χ3n) is 3.91. The number of benzene rings is 1. The van der Waals surface area contributed by atoms with Crippen LogP contribution in [-0.2, 0) is 17.5 Å². The number of carbonyl (C=O) groups is 1. The van der Waals surface area contributed by atoms with E-state index in [2.05, 4.69) is 15.6 Å². The Balaban J connectivity index is 1.86. The summed E-state index contributed by atoms with van der Waals surface area (Å²) in [4.78, 5) is 16.0. The second-order valence-corrected chi connectivity index (χ2v) is 6.28. The molecule has 1 aromatic carbocycles. The number of imidazole rings is 1. The molecule has 1 atom stereocenters. The van der Waals surface area contributed by atoms with E-state index < -0.39 is 11.7 Å². The van der Waals surface area contributed by atoms with Crippen molar-refractivity contribution in [3.8, 4) is 0 Å². The Morgan fingerprint density at radius 3 is 2.88 bits per heavy atom. The lowest BCUT2D eigenvalue weighted by Crippen LogP contribution is -2.43. The Hall–Kier alpha value is -2.29. The maximum Gasteiger partial charge on any atom is 0.416 e. The number of urea groups is 1. The number of hydrogen-bond donors (Lipinski definition) is 2. The second kappa shape index (κ2) is 6.55. The normalized spacial score (nSPS) is 17.6. The fourth-order valence-corrected chi connectivity index (χ4v) is 2.87. The van der Waals surface area contributed by atoms with Crippen molar-refractivity contribution in [2.24, 2.45) is 0 Å². The Kier molecular flexibility index (Phi) is 4.59. The van der Waals surface area contributed by atoms with Gasteiger partial charge in [0.05, 0.1) is 29.2 Å². The highest BCUT2D eigenvalue weighted by Crippen LogP contribution is 2.33. The maximum atomic E-state index is 12.9. The van der Waals surface area contributed by atoms with E-state index in [1.807, 2.05) is 18.4 Å².